The van der Waals surface area contributed by atoms with Gasteiger partial charge in [0.15, 0.2) is 11.5 Å². The van der Waals surface area contributed by atoms with Crippen LogP contribution in [-0.4, -0.2) is 47.1 Å². The number of pyridine rings is 1. The average Bonchev–Trinajstić information content (AvgIpc) is 3.28. The molecule has 2 aromatic heterocycles. The van der Waals surface area contributed by atoms with Gasteiger partial charge in [-0.25, -0.2) is 14.8 Å². The first-order valence-corrected chi connectivity index (χ1v) is 11.7. The van der Waals surface area contributed by atoms with Crippen LogP contribution in [0, 0.1) is 5.92 Å². The first-order chi connectivity index (χ1) is 15.7. The Morgan fingerprint density at radius 2 is 1.97 bits per heavy atom. The zero-order chi connectivity index (χ0) is 21.9. The highest BCUT2D eigenvalue weighted by Crippen LogP contribution is 2.29. The number of benzene rings is 1. The molecule has 7 nitrogen and oxygen atoms in total. The van der Waals surface area contributed by atoms with Gasteiger partial charge in [0, 0.05) is 38.9 Å². The van der Waals surface area contributed by atoms with E-state index in [9.17, 15) is 4.79 Å². The minimum atomic E-state index is -0.0418. The summed E-state index contributed by atoms with van der Waals surface area (Å²) < 4.78 is 5.95. The number of rotatable bonds is 4. The topological polar surface area (TPSA) is 74.5 Å². The molecule has 2 aliphatic rings. The maximum Gasteiger partial charge on any atom is 0.317 e. The Morgan fingerprint density at radius 3 is 2.75 bits per heavy atom. The fourth-order valence-corrected chi connectivity index (χ4v) is 4.66. The van der Waals surface area contributed by atoms with Gasteiger partial charge in [-0.15, -0.1) is 0 Å². The third kappa shape index (κ3) is 4.56. The summed E-state index contributed by atoms with van der Waals surface area (Å²) in [6, 6.07) is 11.9. The summed E-state index contributed by atoms with van der Waals surface area (Å²) in [5.74, 6) is 2.70. The molecule has 0 aliphatic carbocycles. The van der Waals surface area contributed by atoms with E-state index < -0.39 is 0 Å². The Bertz CT molecular complexity index is 1020. The lowest BCUT2D eigenvalue weighted by Crippen LogP contribution is -2.44. The molecule has 0 saturated carbocycles. The van der Waals surface area contributed by atoms with Gasteiger partial charge in [-0.1, -0.05) is 25.1 Å². The van der Waals surface area contributed by atoms with Crippen molar-refractivity contribution < 1.29 is 9.21 Å². The predicted molar refractivity (Wildman–Crippen MR) is 125 cm³/mol. The Kier molecular flexibility index (Phi) is 5.97. The van der Waals surface area contributed by atoms with Crippen LogP contribution in [0.2, 0.25) is 0 Å². The standard InChI is InChI=1S/C25H31N5O2/c1-18-10-13-29(14-11-18)23-9-8-19(15-26-23)16-27-25(31)30-12-4-5-20(17-30)24-28-21-6-2-3-7-22(21)32-24/h2-3,6-9,15,18,20H,4-5,10-14,16-17H2,1H3,(H,27,31). The molecule has 2 amide bonds. The summed E-state index contributed by atoms with van der Waals surface area (Å²) in [5, 5.41) is 3.05. The number of amides is 2. The van der Waals surface area contributed by atoms with E-state index in [0.29, 0.717) is 13.1 Å². The van der Waals surface area contributed by atoms with Crippen LogP contribution in [0.5, 0.6) is 0 Å². The number of hydrogen-bond donors (Lipinski definition) is 1. The Balaban J connectivity index is 1.15. The smallest absolute Gasteiger partial charge is 0.317 e. The van der Waals surface area contributed by atoms with Gasteiger partial charge < -0.3 is 19.5 Å². The van der Waals surface area contributed by atoms with Gasteiger partial charge in [-0.05, 0) is 55.4 Å². The van der Waals surface area contributed by atoms with Crippen molar-refractivity contribution in [1.82, 2.24) is 20.2 Å². The number of anilines is 1. The number of nitrogens with zero attached hydrogens (tertiary/aromatic N) is 4. The SMILES string of the molecule is CC1CCN(c2ccc(CNC(=O)N3CCCC(c4nc5ccccc5o4)C3)cn2)CC1. The molecule has 0 radical (unpaired) electrons. The normalized spacial score (nSPS) is 20.0. The Hall–Kier alpha value is -3.09. The van der Waals surface area contributed by atoms with Crippen molar-refractivity contribution in [3.05, 3.63) is 54.0 Å². The largest absolute Gasteiger partial charge is 0.440 e. The molecule has 2 fully saturated rings. The molecule has 7 heteroatoms. The number of oxazole rings is 1. The van der Waals surface area contributed by atoms with E-state index in [1.54, 1.807) is 0 Å². The number of hydrogen-bond acceptors (Lipinski definition) is 5. The number of likely N-dealkylation sites (tertiary alicyclic amines) is 1. The summed E-state index contributed by atoms with van der Waals surface area (Å²) in [6.07, 6.45) is 6.25. The molecule has 4 heterocycles. The third-order valence-corrected chi connectivity index (χ3v) is 6.73. The number of urea groups is 1. The number of carbonyl (C=O) groups excluding carboxylic acids is 1. The highest BCUT2D eigenvalue weighted by atomic mass is 16.3. The number of aromatic nitrogens is 2. The molecular weight excluding hydrogens is 402 g/mol. The van der Waals surface area contributed by atoms with Crippen molar-refractivity contribution in [3.63, 3.8) is 0 Å². The van der Waals surface area contributed by atoms with Gasteiger partial charge in [0.25, 0.3) is 0 Å². The molecule has 1 N–H and O–H groups in total. The molecule has 2 saturated heterocycles. The highest BCUT2D eigenvalue weighted by Gasteiger charge is 2.28. The predicted octanol–water partition coefficient (Wildman–Crippen LogP) is 4.55. The summed E-state index contributed by atoms with van der Waals surface area (Å²) in [5.41, 5.74) is 2.69. The molecule has 168 valence electrons. The van der Waals surface area contributed by atoms with Gasteiger partial charge in [0.2, 0.25) is 0 Å². The van der Waals surface area contributed by atoms with Crippen LogP contribution >= 0.6 is 0 Å². The van der Waals surface area contributed by atoms with Gasteiger partial charge in [-0.3, -0.25) is 0 Å². The van der Waals surface area contributed by atoms with Crippen molar-refractivity contribution in [2.24, 2.45) is 5.92 Å². The lowest BCUT2D eigenvalue weighted by molar-refractivity contribution is 0.174. The van der Waals surface area contributed by atoms with Crippen LogP contribution in [0.3, 0.4) is 0 Å². The second-order valence-electron chi connectivity index (χ2n) is 9.16. The Labute approximate surface area is 188 Å². The first kappa shape index (κ1) is 20.8. The molecule has 32 heavy (non-hydrogen) atoms. The van der Waals surface area contributed by atoms with Crippen LogP contribution in [0.15, 0.2) is 47.0 Å². The maximum absolute atomic E-state index is 12.8. The Morgan fingerprint density at radius 1 is 1.12 bits per heavy atom. The molecule has 5 rings (SSSR count). The zero-order valence-electron chi connectivity index (χ0n) is 18.7. The molecule has 2 aliphatic heterocycles. The fourth-order valence-electron chi connectivity index (χ4n) is 4.66. The molecule has 1 aromatic carbocycles. The van der Waals surface area contributed by atoms with E-state index in [-0.39, 0.29) is 11.9 Å². The summed E-state index contributed by atoms with van der Waals surface area (Å²) in [6.45, 7) is 6.32. The minimum absolute atomic E-state index is 0.0418. The quantitative estimate of drug-likeness (QED) is 0.653. The van der Waals surface area contributed by atoms with Crippen molar-refractivity contribution in [1.29, 1.82) is 0 Å². The number of fused-ring (bicyclic) bond motifs is 1. The van der Waals surface area contributed by atoms with Gasteiger partial charge in [-0.2, -0.15) is 0 Å². The zero-order valence-corrected chi connectivity index (χ0v) is 18.7. The maximum atomic E-state index is 12.8. The second kappa shape index (κ2) is 9.18. The summed E-state index contributed by atoms with van der Waals surface area (Å²) >= 11 is 0. The van der Waals surface area contributed by atoms with Crippen molar-refractivity contribution >= 4 is 22.9 Å². The molecule has 0 bridgehead atoms. The lowest BCUT2D eigenvalue weighted by atomic mass is 9.98. The third-order valence-electron chi connectivity index (χ3n) is 6.73. The number of carbonyl (C=O) groups is 1. The fraction of sp³-hybridized carbons (Fsp3) is 0.480. The van der Waals surface area contributed by atoms with E-state index in [2.05, 4.69) is 39.2 Å². The van der Waals surface area contributed by atoms with Crippen LogP contribution in [-0.2, 0) is 6.54 Å². The van der Waals surface area contributed by atoms with Crippen molar-refractivity contribution in [2.75, 3.05) is 31.1 Å². The highest BCUT2D eigenvalue weighted by molar-refractivity contribution is 5.74. The molecule has 1 atom stereocenters. The lowest BCUT2D eigenvalue weighted by Gasteiger charge is -2.31. The van der Waals surface area contributed by atoms with Gasteiger partial charge in [0.1, 0.15) is 11.3 Å². The monoisotopic (exact) mass is 433 g/mol. The van der Waals surface area contributed by atoms with Crippen LogP contribution in [0.1, 0.15) is 50.0 Å². The van der Waals surface area contributed by atoms with E-state index in [0.717, 1.165) is 66.8 Å². The molecule has 0 spiro atoms. The van der Waals surface area contributed by atoms with Gasteiger partial charge >= 0.3 is 6.03 Å². The van der Waals surface area contributed by atoms with E-state index in [1.807, 2.05) is 35.4 Å². The first-order valence-electron chi connectivity index (χ1n) is 11.7. The number of para-hydroxylation sites is 2. The second-order valence-corrected chi connectivity index (χ2v) is 9.16. The summed E-state index contributed by atoms with van der Waals surface area (Å²) in [7, 11) is 0. The van der Waals surface area contributed by atoms with Crippen LogP contribution in [0.25, 0.3) is 11.1 Å². The van der Waals surface area contributed by atoms with E-state index >= 15 is 0 Å². The number of nitrogens with one attached hydrogen (secondary N) is 1. The van der Waals surface area contributed by atoms with Gasteiger partial charge in [0.05, 0.1) is 5.92 Å². The van der Waals surface area contributed by atoms with E-state index in [1.165, 1.54) is 12.8 Å². The minimum Gasteiger partial charge on any atom is -0.440 e. The van der Waals surface area contributed by atoms with Crippen LogP contribution in [0.4, 0.5) is 10.6 Å². The molecule has 3 aromatic rings. The summed E-state index contributed by atoms with van der Waals surface area (Å²) in [4.78, 5) is 26.3. The van der Waals surface area contributed by atoms with Crippen molar-refractivity contribution in [2.45, 2.75) is 45.1 Å². The van der Waals surface area contributed by atoms with E-state index in [4.69, 9.17) is 4.42 Å². The molecular formula is C25H31N5O2. The van der Waals surface area contributed by atoms with Crippen molar-refractivity contribution in [3.8, 4) is 0 Å². The molecule has 1 unspecified atom stereocenters. The number of piperidine rings is 2. The van der Waals surface area contributed by atoms with Crippen LogP contribution < -0.4 is 10.2 Å². The average molecular weight is 434 g/mol.